The molecule has 1 aliphatic rings. The molecule has 0 unspecified atom stereocenters. The van der Waals surface area contributed by atoms with Crippen LogP contribution >= 0.6 is 0 Å². The van der Waals surface area contributed by atoms with Gasteiger partial charge in [0.05, 0.1) is 0 Å². The summed E-state index contributed by atoms with van der Waals surface area (Å²) in [6, 6.07) is 12.7. The van der Waals surface area contributed by atoms with Crippen molar-refractivity contribution in [2.75, 3.05) is 0 Å². The molecule has 2 aromatic carbocycles. The maximum Gasteiger partial charge on any atom is 0.248 e. The van der Waals surface area contributed by atoms with Gasteiger partial charge >= 0.3 is 0 Å². The molecule has 0 bridgehead atoms. The first-order valence-electron chi connectivity index (χ1n) is 7.95. The average molecular weight is 312 g/mol. The number of carbonyl (C=O) groups excluding carboxylic acids is 1. The predicted octanol–water partition coefficient (Wildman–Crippen LogP) is 3.34. The zero-order chi connectivity index (χ0) is 16.4. The lowest BCUT2D eigenvalue weighted by molar-refractivity contribution is 0.100. The second-order valence-electron chi connectivity index (χ2n) is 6.24. The van der Waals surface area contributed by atoms with Crippen LogP contribution in [-0.2, 0) is 13.0 Å². The molecule has 1 aliphatic carbocycles. The summed E-state index contributed by atoms with van der Waals surface area (Å²) in [4.78, 5) is 11.1. The Kier molecular flexibility index (Phi) is 4.44. The van der Waals surface area contributed by atoms with E-state index in [2.05, 4.69) is 12.2 Å². The maximum absolute atomic E-state index is 14.0. The minimum atomic E-state index is -0.421. The number of rotatable bonds is 4. The molecule has 0 aliphatic heterocycles. The quantitative estimate of drug-likeness (QED) is 0.910. The summed E-state index contributed by atoms with van der Waals surface area (Å²) in [6.45, 7) is 2.87. The molecule has 3 N–H and O–H groups in total. The summed E-state index contributed by atoms with van der Waals surface area (Å²) in [7, 11) is 0. The van der Waals surface area contributed by atoms with Crippen molar-refractivity contribution in [2.24, 2.45) is 11.7 Å². The Labute approximate surface area is 135 Å². The molecular weight excluding hydrogens is 291 g/mol. The third kappa shape index (κ3) is 3.27. The topological polar surface area (TPSA) is 55.1 Å². The number of fused-ring (bicyclic) bond motifs is 1. The van der Waals surface area contributed by atoms with Gasteiger partial charge in [-0.2, -0.15) is 0 Å². The number of carbonyl (C=O) groups is 1. The monoisotopic (exact) mass is 312 g/mol. The van der Waals surface area contributed by atoms with Gasteiger partial charge in [0, 0.05) is 18.2 Å². The van der Waals surface area contributed by atoms with Crippen molar-refractivity contribution in [3.05, 3.63) is 70.5 Å². The van der Waals surface area contributed by atoms with Crippen LogP contribution in [0.15, 0.2) is 42.5 Å². The minimum Gasteiger partial charge on any atom is -0.366 e. The fraction of sp³-hybridized carbons (Fsp3) is 0.316. The molecule has 0 heterocycles. The highest BCUT2D eigenvalue weighted by Crippen LogP contribution is 2.35. The Morgan fingerprint density at radius 2 is 2.00 bits per heavy atom. The van der Waals surface area contributed by atoms with E-state index in [0.717, 1.165) is 29.5 Å². The zero-order valence-corrected chi connectivity index (χ0v) is 13.2. The number of nitrogens with one attached hydrogen (secondary N) is 1. The third-order valence-corrected chi connectivity index (χ3v) is 4.67. The van der Waals surface area contributed by atoms with E-state index in [-0.39, 0.29) is 11.9 Å². The molecule has 3 nitrogen and oxygen atoms in total. The molecular formula is C19H21FN2O. The van der Waals surface area contributed by atoms with Gasteiger partial charge in [0.1, 0.15) is 5.82 Å². The van der Waals surface area contributed by atoms with Gasteiger partial charge in [0.25, 0.3) is 0 Å². The second kappa shape index (κ2) is 6.50. The van der Waals surface area contributed by atoms with Crippen LogP contribution in [0.25, 0.3) is 0 Å². The Morgan fingerprint density at radius 3 is 2.70 bits per heavy atom. The minimum absolute atomic E-state index is 0.105. The highest BCUT2D eigenvalue weighted by Gasteiger charge is 2.27. The Morgan fingerprint density at radius 1 is 1.26 bits per heavy atom. The SMILES string of the molecule is C[C@@H]1CCc2c(F)cccc2[C@H]1NCc1ccc(C(N)=O)cc1. The number of nitrogens with two attached hydrogens (primary N) is 1. The number of hydrogen-bond acceptors (Lipinski definition) is 2. The first-order chi connectivity index (χ1) is 11.1. The lowest BCUT2D eigenvalue weighted by Crippen LogP contribution is -2.31. The van der Waals surface area contributed by atoms with Crippen LogP contribution in [-0.4, -0.2) is 5.91 Å². The number of halogens is 1. The largest absolute Gasteiger partial charge is 0.366 e. The molecule has 0 saturated heterocycles. The van der Waals surface area contributed by atoms with Crippen LogP contribution in [0.5, 0.6) is 0 Å². The number of amides is 1. The molecule has 0 saturated carbocycles. The van der Waals surface area contributed by atoms with Crippen LogP contribution in [0.2, 0.25) is 0 Å². The molecule has 0 aromatic heterocycles. The Bertz CT molecular complexity index is 712. The fourth-order valence-electron chi connectivity index (χ4n) is 3.30. The smallest absolute Gasteiger partial charge is 0.248 e. The molecule has 23 heavy (non-hydrogen) atoms. The van der Waals surface area contributed by atoms with E-state index in [1.165, 1.54) is 6.07 Å². The van der Waals surface area contributed by atoms with E-state index in [4.69, 9.17) is 5.73 Å². The molecule has 0 radical (unpaired) electrons. The van der Waals surface area contributed by atoms with E-state index >= 15 is 0 Å². The fourth-order valence-corrected chi connectivity index (χ4v) is 3.30. The van der Waals surface area contributed by atoms with Crippen LogP contribution < -0.4 is 11.1 Å². The number of primary amides is 1. The van der Waals surface area contributed by atoms with Gasteiger partial charge in [-0.15, -0.1) is 0 Å². The van der Waals surface area contributed by atoms with Crippen LogP contribution in [0, 0.1) is 11.7 Å². The summed E-state index contributed by atoms with van der Waals surface area (Å²) in [5.74, 6) is -0.0731. The summed E-state index contributed by atoms with van der Waals surface area (Å²) in [5, 5.41) is 3.54. The highest BCUT2D eigenvalue weighted by atomic mass is 19.1. The van der Waals surface area contributed by atoms with Crippen molar-refractivity contribution in [2.45, 2.75) is 32.4 Å². The van der Waals surface area contributed by atoms with E-state index in [1.807, 2.05) is 18.2 Å². The van der Waals surface area contributed by atoms with Gasteiger partial charge in [-0.1, -0.05) is 31.2 Å². The summed E-state index contributed by atoms with van der Waals surface area (Å²) in [6.07, 6.45) is 1.78. The van der Waals surface area contributed by atoms with Crippen LogP contribution in [0.4, 0.5) is 4.39 Å². The second-order valence-corrected chi connectivity index (χ2v) is 6.24. The summed E-state index contributed by atoms with van der Waals surface area (Å²) >= 11 is 0. The summed E-state index contributed by atoms with van der Waals surface area (Å²) in [5.41, 5.74) is 8.74. The third-order valence-electron chi connectivity index (χ3n) is 4.67. The molecule has 2 atom stereocenters. The van der Waals surface area contributed by atoms with Gasteiger partial charge < -0.3 is 11.1 Å². The Balaban J connectivity index is 1.75. The zero-order valence-electron chi connectivity index (χ0n) is 13.2. The van der Waals surface area contributed by atoms with E-state index < -0.39 is 5.91 Å². The van der Waals surface area contributed by atoms with E-state index in [0.29, 0.717) is 18.0 Å². The van der Waals surface area contributed by atoms with E-state index in [1.54, 1.807) is 18.2 Å². The van der Waals surface area contributed by atoms with Gasteiger partial charge in [0.15, 0.2) is 0 Å². The molecule has 0 fully saturated rings. The molecule has 4 heteroatoms. The van der Waals surface area contributed by atoms with Crippen LogP contribution in [0.1, 0.15) is 46.4 Å². The lowest BCUT2D eigenvalue weighted by Gasteiger charge is -2.32. The summed E-state index contributed by atoms with van der Waals surface area (Å²) < 4.78 is 14.0. The van der Waals surface area contributed by atoms with Crippen molar-refractivity contribution in [3.8, 4) is 0 Å². The molecule has 2 aromatic rings. The number of hydrogen-bond donors (Lipinski definition) is 2. The first kappa shape index (κ1) is 15.7. The predicted molar refractivity (Wildman–Crippen MR) is 88.4 cm³/mol. The lowest BCUT2D eigenvalue weighted by atomic mass is 9.80. The number of benzene rings is 2. The van der Waals surface area contributed by atoms with Crippen molar-refractivity contribution < 1.29 is 9.18 Å². The highest BCUT2D eigenvalue weighted by molar-refractivity contribution is 5.92. The van der Waals surface area contributed by atoms with Crippen molar-refractivity contribution >= 4 is 5.91 Å². The van der Waals surface area contributed by atoms with E-state index in [9.17, 15) is 9.18 Å². The average Bonchev–Trinajstić information content (AvgIpc) is 2.54. The van der Waals surface area contributed by atoms with Gasteiger partial charge in [-0.3, -0.25) is 4.79 Å². The van der Waals surface area contributed by atoms with Gasteiger partial charge in [-0.05, 0) is 53.6 Å². The van der Waals surface area contributed by atoms with Gasteiger partial charge in [-0.25, -0.2) is 4.39 Å². The normalized spacial score (nSPS) is 20.1. The van der Waals surface area contributed by atoms with Crippen molar-refractivity contribution in [1.29, 1.82) is 0 Å². The molecule has 0 spiro atoms. The van der Waals surface area contributed by atoms with Crippen molar-refractivity contribution in [3.63, 3.8) is 0 Å². The first-order valence-corrected chi connectivity index (χ1v) is 7.95. The maximum atomic E-state index is 14.0. The van der Waals surface area contributed by atoms with Crippen molar-refractivity contribution in [1.82, 2.24) is 5.32 Å². The molecule has 3 rings (SSSR count). The molecule has 1 amide bonds. The standard InChI is InChI=1S/C19H21FN2O/c1-12-5-10-15-16(3-2-4-17(15)20)18(12)22-11-13-6-8-14(9-7-13)19(21)23/h2-4,6-9,12,18,22H,5,10-11H2,1H3,(H2,21,23)/t12-,18+/m1/s1. The van der Waals surface area contributed by atoms with Crippen LogP contribution in [0.3, 0.4) is 0 Å². The van der Waals surface area contributed by atoms with Gasteiger partial charge in [0.2, 0.25) is 5.91 Å². The molecule has 120 valence electrons. The Hall–Kier alpha value is -2.20.